The van der Waals surface area contributed by atoms with Crippen LogP contribution in [0.5, 0.6) is 0 Å². The molecule has 21 heavy (non-hydrogen) atoms. The SMILES string of the molecule is Cc1ccc(Br)cc1C(O)C(CN)c1ccc(Cl)c(Cl)c1. The molecule has 2 aromatic carbocycles. The van der Waals surface area contributed by atoms with Gasteiger partial charge in [-0.1, -0.05) is 51.3 Å². The van der Waals surface area contributed by atoms with Gasteiger partial charge in [0.1, 0.15) is 0 Å². The normalized spacial score (nSPS) is 14.0. The zero-order valence-corrected chi connectivity index (χ0v) is 14.6. The van der Waals surface area contributed by atoms with Crippen LogP contribution in [-0.2, 0) is 0 Å². The molecule has 0 spiro atoms. The molecule has 2 atom stereocenters. The highest BCUT2D eigenvalue weighted by molar-refractivity contribution is 9.10. The van der Waals surface area contributed by atoms with E-state index in [1.165, 1.54) is 0 Å². The van der Waals surface area contributed by atoms with E-state index in [1.54, 1.807) is 12.1 Å². The van der Waals surface area contributed by atoms with Crippen molar-refractivity contribution >= 4 is 39.1 Å². The second-order valence-electron chi connectivity index (χ2n) is 4.96. The number of halogens is 3. The third-order valence-corrected chi connectivity index (χ3v) is 4.80. The van der Waals surface area contributed by atoms with Gasteiger partial charge in [-0.15, -0.1) is 0 Å². The van der Waals surface area contributed by atoms with Crippen molar-refractivity contribution in [3.8, 4) is 0 Å². The van der Waals surface area contributed by atoms with Gasteiger partial charge in [0.25, 0.3) is 0 Å². The summed E-state index contributed by atoms with van der Waals surface area (Å²) in [7, 11) is 0. The fourth-order valence-electron chi connectivity index (χ4n) is 2.34. The van der Waals surface area contributed by atoms with Gasteiger partial charge in [-0.2, -0.15) is 0 Å². The Bertz CT molecular complexity index is 648. The number of hydrogen-bond donors (Lipinski definition) is 2. The van der Waals surface area contributed by atoms with Gasteiger partial charge >= 0.3 is 0 Å². The number of rotatable bonds is 4. The summed E-state index contributed by atoms with van der Waals surface area (Å²) in [5, 5.41) is 11.7. The Kier molecular flexibility index (Phi) is 5.69. The van der Waals surface area contributed by atoms with E-state index in [0.717, 1.165) is 21.2 Å². The van der Waals surface area contributed by atoms with Crippen LogP contribution in [-0.4, -0.2) is 11.7 Å². The standard InChI is InChI=1S/C16H16BrCl2NO/c1-9-2-4-11(17)7-12(9)16(21)13(8-20)10-3-5-14(18)15(19)6-10/h2-7,13,16,21H,8,20H2,1H3. The minimum atomic E-state index is -0.704. The molecule has 2 rings (SSSR count). The minimum Gasteiger partial charge on any atom is -0.388 e. The average molecular weight is 389 g/mol. The van der Waals surface area contributed by atoms with Gasteiger partial charge in [-0.05, 0) is 47.9 Å². The second kappa shape index (κ2) is 7.12. The molecule has 0 aliphatic carbocycles. The first-order chi connectivity index (χ1) is 9.93. The number of benzene rings is 2. The summed E-state index contributed by atoms with van der Waals surface area (Å²) in [6.07, 6.45) is -0.704. The predicted molar refractivity (Wildman–Crippen MR) is 92.1 cm³/mol. The number of aliphatic hydroxyl groups is 1. The topological polar surface area (TPSA) is 46.2 Å². The molecule has 0 saturated carbocycles. The Morgan fingerprint density at radius 2 is 1.86 bits per heavy atom. The van der Waals surface area contributed by atoms with E-state index in [2.05, 4.69) is 15.9 Å². The van der Waals surface area contributed by atoms with Crippen LogP contribution in [0.25, 0.3) is 0 Å². The molecule has 0 saturated heterocycles. The number of hydrogen-bond acceptors (Lipinski definition) is 2. The summed E-state index contributed by atoms with van der Waals surface area (Å²) in [6.45, 7) is 2.28. The third-order valence-electron chi connectivity index (χ3n) is 3.57. The van der Waals surface area contributed by atoms with Crippen LogP contribution in [0.3, 0.4) is 0 Å². The smallest absolute Gasteiger partial charge is 0.0873 e. The number of nitrogens with two attached hydrogens (primary N) is 1. The lowest BCUT2D eigenvalue weighted by molar-refractivity contribution is 0.146. The first-order valence-electron chi connectivity index (χ1n) is 6.53. The molecule has 3 N–H and O–H groups in total. The van der Waals surface area contributed by atoms with Crippen molar-refractivity contribution in [3.63, 3.8) is 0 Å². The summed E-state index contributed by atoms with van der Waals surface area (Å²) >= 11 is 15.4. The van der Waals surface area contributed by atoms with Crippen molar-refractivity contribution in [2.24, 2.45) is 5.73 Å². The van der Waals surface area contributed by atoms with Crippen LogP contribution in [0.4, 0.5) is 0 Å². The molecule has 0 amide bonds. The molecule has 2 unspecified atom stereocenters. The van der Waals surface area contributed by atoms with Crippen molar-refractivity contribution in [2.45, 2.75) is 18.9 Å². The van der Waals surface area contributed by atoms with Gasteiger partial charge < -0.3 is 10.8 Å². The maximum Gasteiger partial charge on any atom is 0.0873 e. The van der Waals surface area contributed by atoms with Crippen LogP contribution < -0.4 is 5.73 Å². The minimum absolute atomic E-state index is 0.243. The maximum atomic E-state index is 10.7. The predicted octanol–water partition coefficient (Wildman–Crippen LogP) is 4.84. The Morgan fingerprint density at radius 3 is 2.48 bits per heavy atom. The van der Waals surface area contributed by atoms with E-state index in [-0.39, 0.29) is 5.92 Å². The molecule has 0 aliphatic heterocycles. The Balaban J connectivity index is 2.40. The first kappa shape index (κ1) is 16.8. The zero-order valence-electron chi connectivity index (χ0n) is 11.5. The summed E-state index contributed by atoms with van der Waals surface area (Å²) in [4.78, 5) is 0. The van der Waals surface area contributed by atoms with Crippen LogP contribution in [0.1, 0.15) is 28.7 Å². The Labute approximate surface area is 143 Å². The molecule has 112 valence electrons. The molecule has 0 aliphatic rings. The molecule has 2 aromatic rings. The van der Waals surface area contributed by atoms with Crippen molar-refractivity contribution < 1.29 is 5.11 Å². The van der Waals surface area contributed by atoms with Gasteiger partial charge in [0.05, 0.1) is 16.1 Å². The van der Waals surface area contributed by atoms with Gasteiger partial charge in [-0.25, -0.2) is 0 Å². The lowest BCUT2D eigenvalue weighted by Crippen LogP contribution is -2.20. The molecule has 0 radical (unpaired) electrons. The molecule has 0 fully saturated rings. The van der Waals surface area contributed by atoms with E-state index in [1.807, 2.05) is 31.2 Å². The molecular formula is C16H16BrCl2NO. The van der Waals surface area contributed by atoms with Crippen LogP contribution in [0.15, 0.2) is 40.9 Å². The molecule has 0 heterocycles. The maximum absolute atomic E-state index is 10.7. The fourth-order valence-corrected chi connectivity index (χ4v) is 3.02. The number of aryl methyl sites for hydroxylation is 1. The quantitative estimate of drug-likeness (QED) is 0.786. The fraction of sp³-hybridized carbons (Fsp3) is 0.250. The van der Waals surface area contributed by atoms with E-state index >= 15 is 0 Å². The van der Waals surface area contributed by atoms with E-state index < -0.39 is 6.10 Å². The third kappa shape index (κ3) is 3.79. The van der Waals surface area contributed by atoms with Crippen molar-refractivity contribution in [1.29, 1.82) is 0 Å². The van der Waals surface area contributed by atoms with E-state index in [0.29, 0.717) is 16.6 Å². The van der Waals surface area contributed by atoms with Crippen molar-refractivity contribution in [3.05, 3.63) is 67.6 Å². The summed E-state index contributed by atoms with van der Waals surface area (Å²) in [6, 6.07) is 11.2. The van der Waals surface area contributed by atoms with Gasteiger partial charge in [-0.3, -0.25) is 0 Å². The summed E-state index contributed by atoms with van der Waals surface area (Å²) < 4.78 is 0.923. The van der Waals surface area contributed by atoms with Crippen LogP contribution in [0.2, 0.25) is 10.0 Å². The second-order valence-corrected chi connectivity index (χ2v) is 6.69. The highest BCUT2D eigenvalue weighted by atomic mass is 79.9. The van der Waals surface area contributed by atoms with Gasteiger partial charge in [0.15, 0.2) is 0 Å². The van der Waals surface area contributed by atoms with Crippen LogP contribution >= 0.6 is 39.1 Å². The molecule has 0 aromatic heterocycles. The molecule has 2 nitrogen and oxygen atoms in total. The largest absolute Gasteiger partial charge is 0.388 e. The highest BCUT2D eigenvalue weighted by Gasteiger charge is 2.23. The number of aliphatic hydroxyl groups excluding tert-OH is 1. The molecular weight excluding hydrogens is 373 g/mol. The van der Waals surface area contributed by atoms with Crippen molar-refractivity contribution in [1.82, 2.24) is 0 Å². The van der Waals surface area contributed by atoms with Crippen molar-refractivity contribution in [2.75, 3.05) is 6.54 Å². The average Bonchev–Trinajstić information content (AvgIpc) is 2.46. The lowest BCUT2D eigenvalue weighted by atomic mass is 9.87. The zero-order chi connectivity index (χ0) is 15.6. The van der Waals surface area contributed by atoms with E-state index in [9.17, 15) is 5.11 Å². The highest BCUT2D eigenvalue weighted by Crippen LogP contribution is 2.35. The molecule has 5 heteroatoms. The Hall–Kier alpha value is -0.580. The summed E-state index contributed by atoms with van der Waals surface area (Å²) in [5.41, 5.74) is 8.62. The summed E-state index contributed by atoms with van der Waals surface area (Å²) in [5.74, 6) is -0.243. The van der Waals surface area contributed by atoms with Gasteiger partial charge in [0.2, 0.25) is 0 Å². The Morgan fingerprint density at radius 1 is 1.14 bits per heavy atom. The van der Waals surface area contributed by atoms with Gasteiger partial charge in [0, 0.05) is 16.9 Å². The van der Waals surface area contributed by atoms with E-state index in [4.69, 9.17) is 28.9 Å². The monoisotopic (exact) mass is 387 g/mol. The first-order valence-corrected chi connectivity index (χ1v) is 8.08. The van der Waals surface area contributed by atoms with Crippen LogP contribution in [0, 0.1) is 6.92 Å². The molecule has 0 bridgehead atoms. The lowest BCUT2D eigenvalue weighted by Gasteiger charge is -2.24.